The van der Waals surface area contributed by atoms with E-state index in [4.69, 9.17) is 14.6 Å². The number of carboxylic acid groups (broad SMARTS) is 1. The topological polar surface area (TPSA) is 113 Å². The van der Waals surface area contributed by atoms with Crippen molar-refractivity contribution in [3.05, 3.63) is 66.2 Å². The van der Waals surface area contributed by atoms with Gasteiger partial charge in [0.2, 0.25) is 11.8 Å². The zero-order valence-corrected chi connectivity index (χ0v) is 18.3. The summed E-state index contributed by atoms with van der Waals surface area (Å²) in [7, 11) is 3.07. The van der Waals surface area contributed by atoms with Crippen LogP contribution in [-0.2, 0) is 25.6 Å². The Bertz CT molecular complexity index is 1060. The lowest BCUT2D eigenvalue weighted by Crippen LogP contribution is -2.45. The average Bonchev–Trinajstić information content (AvgIpc) is 3.11. The molecule has 0 unspecified atom stereocenters. The summed E-state index contributed by atoms with van der Waals surface area (Å²) in [5.41, 5.74) is 1.26. The molecule has 1 aliphatic rings. The van der Waals surface area contributed by atoms with E-state index < -0.39 is 29.7 Å². The lowest BCUT2D eigenvalue weighted by molar-refractivity contribution is -0.135. The smallest absolute Gasteiger partial charge is 0.328 e. The standard InChI is InChI=1S/C24H24N2O7/c1-32-18-7-3-16(4-8-18)13-14-25(21(27)11-12-23(29)30)20-15-22(28)26(24(20)31)17-5-9-19(33-2)10-6-17/h3-12,20H,13-15H2,1-2H3,(H,29,30)/b12-11+/t20-/m0/s1. The van der Waals surface area contributed by atoms with Crippen molar-refractivity contribution in [1.82, 2.24) is 4.90 Å². The summed E-state index contributed by atoms with van der Waals surface area (Å²) in [5.74, 6) is -1.68. The zero-order chi connectivity index (χ0) is 24.0. The molecule has 1 fully saturated rings. The van der Waals surface area contributed by atoms with Crippen LogP contribution in [0, 0.1) is 0 Å². The van der Waals surface area contributed by atoms with Crippen LogP contribution in [0.3, 0.4) is 0 Å². The van der Waals surface area contributed by atoms with Crippen molar-refractivity contribution in [2.24, 2.45) is 0 Å². The molecule has 2 aromatic rings. The van der Waals surface area contributed by atoms with Gasteiger partial charge in [-0.25, -0.2) is 9.69 Å². The second kappa shape index (κ2) is 10.4. The van der Waals surface area contributed by atoms with Gasteiger partial charge in [0.15, 0.2) is 0 Å². The number of benzene rings is 2. The predicted molar refractivity (Wildman–Crippen MR) is 119 cm³/mol. The van der Waals surface area contributed by atoms with Gasteiger partial charge in [0.1, 0.15) is 17.5 Å². The molecular weight excluding hydrogens is 428 g/mol. The molecule has 1 aliphatic heterocycles. The second-order valence-corrected chi connectivity index (χ2v) is 7.29. The molecule has 3 amide bonds. The maximum absolute atomic E-state index is 13.2. The minimum atomic E-state index is -1.29. The fourth-order valence-corrected chi connectivity index (χ4v) is 3.56. The Balaban J connectivity index is 1.83. The third kappa shape index (κ3) is 5.57. The number of carboxylic acids is 1. The third-order valence-corrected chi connectivity index (χ3v) is 5.28. The van der Waals surface area contributed by atoms with Crippen LogP contribution in [0.1, 0.15) is 12.0 Å². The third-order valence-electron chi connectivity index (χ3n) is 5.28. The lowest BCUT2D eigenvalue weighted by atomic mass is 10.1. The highest BCUT2D eigenvalue weighted by Gasteiger charge is 2.43. The highest BCUT2D eigenvalue weighted by Crippen LogP contribution is 2.28. The van der Waals surface area contributed by atoms with E-state index in [-0.39, 0.29) is 13.0 Å². The maximum atomic E-state index is 13.2. The molecule has 0 spiro atoms. The number of amides is 3. The number of anilines is 1. The first-order chi connectivity index (χ1) is 15.8. The summed E-state index contributed by atoms with van der Waals surface area (Å²) in [6.07, 6.45) is 1.81. The van der Waals surface area contributed by atoms with Crippen molar-refractivity contribution in [3.63, 3.8) is 0 Å². The fourth-order valence-electron chi connectivity index (χ4n) is 3.56. The van der Waals surface area contributed by atoms with Gasteiger partial charge in [-0.1, -0.05) is 12.1 Å². The molecule has 9 nitrogen and oxygen atoms in total. The van der Waals surface area contributed by atoms with Crippen LogP contribution in [0.15, 0.2) is 60.7 Å². The van der Waals surface area contributed by atoms with E-state index >= 15 is 0 Å². The SMILES string of the molecule is COc1ccc(CCN(C(=O)/C=C/C(=O)O)[C@H]2CC(=O)N(c3ccc(OC)cc3)C2=O)cc1. The van der Waals surface area contributed by atoms with Crippen molar-refractivity contribution < 1.29 is 33.8 Å². The molecule has 1 heterocycles. The monoisotopic (exact) mass is 452 g/mol. The van der Waals surface area contributed by atoms with Gasteiger partial charge in [-0.2, -0.15) is 0 Å². The molecule has 0 aromatic heterocycles. The second-order valence-electron chi connectivity index (χ2n) is 7.29. The van der Waals surface area contributed by atoms with Gasteiger partial charge in [0.25, 0.3) is 5.91 Å². The Morgan fingerprint density at radius 2 is 1.58 bits per heavy atom. The van der Waals surface area contributed by atoms with Crippen LogP contribution in [0.5, 0.6) is 11.5 Å². The van der Waals surface area contributed by atoms with Gasteiger partial charge in [0.05, 0.1) is 26.3 Å². The Hall–Kier alpha value is -4.14. The highest BCUT2D eigenvalue weighted by atomic mass is 16.5. The van der Waals surface area contributed by atoms with E-state index in [9.17, 15) is 19.2 Å². The summed E-state index contributed by atoms with van der Waals surface area (Å²) in [6.45, 7) is 0.120. The van der Waals surface area contributed by atoms with Crippen molar-refractivity contribution in [1.29, 1.82) is 0 Å². The van der Waals surface area contributed by atoms with Crippen LogP contribution in [0.4, 0.5) is 5.69 Å². The fraction of sp³-hybridized carbons (Fsp3) is 0.250. The normalized spacial score (nSPS) is 15.7. The number of aliphatic carboxylic acids is 1. The molecule has 1 atom stereocenters. The van der Waals surface area contributed by atoms with Crippen LogP contribution < -0.4 is 14.4 Å². The number of imide groups is 1. The Morgan fingerprint density at radius 1 is 1.00 bits per heavy atom. The summed E-state index contributed by atoms with van der Waals surface area (Å²) in [4.78, 5) is 51.8. The summed E-state index contributed by atoms with van der Waals surface area (Å²) in [6, 6.07) is 12.6. The van der Waals surface area contributed by atoms with Gasteiger partial charge in [-0.3, -0.25) is 14.4 Å². The van der Waals surface area contributed by atoms with Crippen LogP contribution in [0.25, 0.3) is 0 Å². The number of methoxy groups -OCH3 is 2. The minimum Gasteiger partial charge on any atom is -0.497 e. The number of carbonyl (C=O) groups excluding carboxylic acids is 3. The number of hydrogen-bond acceptors (Lipinski definition) is 6. The molecule has 1 saturated heterocycles. The minimum absolute atomic E-state index is 0.120. The number of carbonyl (C=O) groups is 4. The van der Waals surface area contributed by atoms with E-state index in [1.807, 2.05) is 12.1 Å². The van der Waals surface area contributed by atoms with Crippen molar-refractivity contribution in [3.8, 4) is 11.5 Å². The first-order valence-electron chi connectivity index (χ1n) is 10.2. The van der Waals surface area contributed by atoms with Gasteiger partial charge in [-0.05, 0) is 48.4 Å². The van der Waals surface area contributed by atoms with E-state index in [0.717, 1.165) is 16.5 Å². The molecule has 2 aromatic carbocycles. The van der Waals surface area contributed by atoms with Crippen LogP contribution in [0.2, 0.25) is 0 Å². The first kappa shape index (κ1) is 23.5. The summed E-state index contributed by atoms with van der Waals surface area (Å²) >= 11 is 0. The quantitative estimate of drug-likeness (QED) is 0.458. The van der Waals surface area contributed by atoms with Gasteiger partial charge >= 0.3 is 5.97 Å². The molecule has 3 rings (SSSR count). The largest absolute Gasteiger partial charge is 0.497 e. The Morgan fingerprint density at radius 3 is 2.12 bits per heavy atom. The van der Waals surface area contributed by atoms with Crippen molar-refractivity contribution in [2.75, 3.05) is 25.7 Å². The van der Waals surface area contributed by atoms with E-state index in [2.05, 4.69) is 0 Å². The molecule has 1 N–H and O–H groups in total. The summed E-state index contributed by atoms with van der Waals surface area (Å²) in [5, 5.41) is 8.89. The Kier molecular flexibility index (Phi) is 7.45. The van der Waals surface area contributed by atoms with Crippen LogP contribution >= 0.6 is 0 Å². The molecule has 172 valence electrons. The van der Waals surface area contributed by atoms with Gasteiger partial charge in [0, 0.05) is 18.7 Å². The maximum Gasteiger partial charge on any atom is 0.328 e. The molecule has 0 radical (unpaired) electrons. The predicted octanol–water partition coefficient (Wildman–Crippen LogP) is 2.05. The van der Waals surface area contributed by atoms with E-state index in [1.54, 1.807) is 43.5 Å². The first-order valence-corrected chi connectivity index (χ1v) is 10.2. The number of hydrogen-bond donors (Lipinski definition) is 1. The molecule has 33 heavy (non-hydrogen) atoms. The van der Waals surface area contributed by atoms with E-state index in [1.165, 1.54) is 12.0 Å². The number of rotatable bonds is 9. The molecule has 0 bridgehead atoms. The molecule has 9 heteroatoms. The summed E-state index contributed by atoms with van der Waals surface area (Å²) < 4.78 is 10.2. The zero-order valence-electron chi connectivity index (χ0n) is 18.3. The van der Waals surface area contributed by atoms with Gasteiger partial charge < -0.3 is 19.5 Å². The Labute approximate surface area is 190 Å². The van der Waals surface area contributed by atoms with Crippen LogP contribution in [-0.4, -0.2) is 60.5 Å². The van der Waals surface area contributed by atoms with Crippen molar-refractivity contribution >= 4 is 29.4 Å². The highest BCUT2D eigenvalue weighted by molar-refractivity contribution is 6.23. The number of nitrogens with zero attached hydrogens (tertiary/aromatic N) is 2. The molecule has 0 saturated carbocycles. The molecular formula is C24H24N2O7. The van der Waals surface area contributed by atoms with Gasteiger partial charge in [-0.15, -0.1) is 0 Å². The van der Waals surface area contributed by atoms with Crippen molar-refractivity contribution in [2.45, 2.75) is 18.9 Å². The average molecular weight is 452 g/mol. The molecule has 0 aliphatic carbocycles. The lowest BCUT2D eigenvalue weighted by Gasteiger charge is -2.26. The number of ether oxygens (including phenoxy) is 2. The van der Waals surface area contributed by atoms with E-state index in [0.29, 0.717) is 29.7 Å².